The highest BCUT2D eigenvalue weighted by molar-refractivity contribution is 8.00. The topological polar surface area (TPSA) is 116 Å². The van der Waals surface area contributed by atoms with E-state index in [0.717, 1.165) is 17.3 Å². The molecule has 0 saturated carbocycles. The molecule has 0 radical (unpaired) electrons. The molecule has 4 rings (SSSR count). The number of aromatic nitrogens is 3. The number of hydrogen-bond acceptors (Lipinski definition) is 9. The Hall–Kier alpha value is -2.67. The molecule has 0 amide bonds. The molecular formula is C25H30ClF2N5O4S. The van der Waals surface area contributed by atoms with E-state index in [1.807, 2.05) is 0 Å². The number of likely N-dealkylation sites (tertiary alicyclic amines) is 1. The normalized spacial score (nSPS) is 16.1. The summed E-state index contributed by atoms with van der Waals surface area (Å²) in [6, 6.07) is 3.32. The van der Waals surface area contributed by atoms with Gasteiger partial charge in [0.1, 0.15) is 17.5 Å². The highest BCUT2D eigenvalue weighted by atomic mass is 35.5. The molecule has 1 atom stereocenters. The van der Waals surface area contributed by atoms with E-state index in [0.29, 0.717) is 57.1 Å². The Balaban J connectivity index is 1.68. The summed E-state index contributed by atoms with van der Waals surface area (Å²) >= 11 is 7.85. The van der Waals surface area contributed by atoms with Gasteiger partial charge in [0, 0.05) is 49.3 Å². The van der Waals surface area contributed by atoms with Gasteiger partial charge in [0.05, 0.1) is 31.0 Å². The second-order valence-electron chi connectivity index (χ2n) is 8.82. The first kappa shape index (κ1) is 28.3. The molecule has 3 heterocycles. The van der Waals surface area contributed by atoms with E-state index < -0.39 is 11.2 Å². The third kappa shape index (κ3) is 6.31. The summed E-state index contributed by atoms with van der Waals surface area (Å²) in [4.78, 5) is 26.3. The minimum Gasteiger partial charge on any atom is -0.493 e. The van der Waals surface area contributed by atoms with Crippen molar-refractivity contribution >= 4 is 40.4 Å². The van der Waals surface area contributed by atoms with Gasteiger partial charge in [-0.2, -0.15) is 0 Å². The van der Waals surface area contributed by atoms with Crippen LogP contribution in [0.5, 0.6) is 11.5 Å². The summed E-state index contributed by atoms with van der Waals surface area (Å²) in [7, 11) is 1.49. The standard InChI is InChI=1S/C25H30ClF2N5O4S/c1-4-36-23(34)14(2)38-24-31-21(20-15(11-29)12-30-22(20)32-24)16-9-19(18(35-3)10-17(16)26)37-8-7-33-6-5-25(27,28)13-33/h9-10,12,14H,4-8,11,13,29H2,1-3H3,(H,30,31,32). The third-order valence-electron chi connectivity index (χ3n) is 6.14. The molecule has 1 saturated heterocycles. The van der Waals surface area contributed by atoms with Gasteiger partial charge in [-0.1, -0.05) is 23.4 Å². The lowest BCUT2D eigenvalue weighted by Gasteiger charge is -2.18. The van der Waals surface area contributed by atoms with Gasteiger partial charge in [-0.15, -0.1) is 0 Å². The van der Waals surface area contributed by atoms with E-state index >= 15 is 0 Å². The molecule has 1 aliphatic rings. The zero-order valence-electron chi connectivity index (χ0n) is 21.4. The van der Waals surface area contributed by atoms with Crippen molar-refractivity contribution in [3.63, 3.8) is 0 Å². The molecule has 0 spiro atoms. The number of ether oxygens (including phenoxy) is 3. The van der Waals surface area contributed by atoms with Gasteiger partial charge >= 0.3 is 5.97 Å². The van der Waals surface area contributed by atoms with Crippen LogP contribution in [0.15, 0.2) is 23.5 Å². The number of thioether (sulfide) groups is 1. The number of esters is 1. The summed E-state index contributed by atoms with van der Waals surface area (Å²) in [6.07, 6.45) is 1.60. The molecule has 0 bridgehead atoms. The van der Waals surface area contributed by atoms with Crippen LogP contribution >= 0.6 is 23.4 Å². The minimum atomic E-state index is -2.67. The summed E-state index contributed by atoms with van der Waals surface area (Å²) in [5, 5.41) is 0.861. The highest BCUT2D eigenvalue weighted by Crippen LogP contribution is 2.41. The van der Waals surface area contributed by atoms with Crippen LogP contribution < -0.4 is 15.2 Å². The molecule has 3 aromatic rings. The molecule has 2 aromatic heterocycles. The van der Waals surface area contributed by atoms with E-state index in [1.54, 1.807) is 37.1 Å². The van der Waals surface area contributed by atoms with Crippen molar-refractivity contribution in [3.05, 3.63) is 28.9 Å². The SMILES string of the molecule is CCOC(=O)C(C)Sc1nc(-c2cc(OCCN3CCC(F)(F)C3)c(OC)cc2Cl)c2c(CN)c[nH]c2n1. The first-order valence-electron chi connectivity index (χ1n) is 12.2. The van der Waals surface area contributed by atoms with Crippen LogP contribution in [0.3, 0.4) is 0 Å². The van der Waals surface area contributed by atoms with Gasteiger partial charge in [-0.3, -0.25) is 9.69 Å². The molecule has 1 unspecified atom stereocenters. The Bertz CT molecular complexity index is 1310. The number of alkyl halides is 2. The summed E-state index contributed by atoms with van der Waals surface area (Å²) in [6.45, 7) is 4.54. The number of fused-ring (bicyclic) bond motifs is 1. The van der Waals surface area contributed by atoms with Gasteiger partial charge in [0.25, 0.3) is 5.92 Å². The van der Waals surface area contributed by atoms with Gasteiger partial charge in [0.2, 0.25) is 0 Å². The van der Waals surface area contributed by atoms with Crippen molar-refractivity contribution < 1.29 is 27.8 Å². The van der Waals surface area contributed by atoms with Crippen LogP contribution in [-0.4, -0.2) is 77.0 Å². The average molecular weight is 570 g/mol. The first-order chi connectivity index (χ1) is 18.2. The molecule has 3 N–H and O–H groups in total. The van der Waals surface area contributed by atoms with E-state index in [-0.39, 0.29) is 38.7 Å². The average Bonchev–Trinajstić information content (AvgIpc) is 3.46. The summed E-state index contributed by atoms with van der Waals surface area (Å²) in [5.74, 6) is -2.25. The van der Waals surface area contributed by atoms with E-state index in [1.165, 1.54) is 7.11 Å². The maximum absolute atomic E-state index is 13.5. The summed E-state index contributed by atoms with van der Waals surface area (Å²) in [5.41, 5.74) is 8.36. The van der Waals surface area contributed by atoms with Crippen molar-refractivity contribution in [1.82, 2.24) is 19.9 Å². The Morgan fingerprint density at radius 2 is 2.13 bits per heavy atom. The number of methoxy groups -OCH3 is 1. The number of benzene rings is 1. The molecule has 9 nitrogen and oxygen atoms in total. The number of aromatic amines is 1. The lowest BCUT2D eigenvalue weighted by molar-refractivity contribution is -0.142. The van der Waals surface area contributed by atoms with Crippen molar-refractivity contribution in [3.8, 4) is 22.8 Å². The number of nitrogens with two attached hydrogens (primary N) is 1. The number of H-pyrrole nitrogens is 1. The van der Waals surface area contributed by atoms with Crippen LogP contribution in [0.1, 0.15) is 25.8 Å². The second kappa shape index (κ2) is 12.0. The zero-order valence-corrected chi connectivity index (χ0v) is 22.9. The second-order valence-corrected chi connectivity index (χ2v) is 10.5. The quantitative estimate of drug-likeness (QED) is 0.195. The van der Waals surface area contributed by atoms with Crippen LogP contribution in [0, 0.1) is 0 Å². The largest absolute Gasteiger partial charge is 0.493 e. The van der Waals surface area contributed by atoms with Crippen LogP contribution in [0.4, 0.5) is 8.78 Å². The number of nitrogens with one attached hydrogen (secondary N) is 1. The highest BCUT2D eigenvalue weighted by Gasteiger charge is 2.37. The van der Waals surface area contributed by atoms with E-state index in [9.17, 15) is 13.6 Å². The van der Waals surface area contributed by atoms with Crippen LogP contribution in [-0.2, 0) is 16.1 Å². The predicted octanol–water partition coefficient (Wildman–Crippen LogP) is 4.51. The number of hydrogen-bond donors (Lipinski definition) is 2. The number of rotatable bonds is 11. The molecule has 0 aliphatic carbocycles. The molecule has 1 aliphatic heterocycles. The Kier molecular flexibility index (Phi) is 8.96. The Labute approximate surface area is 228 Å². The first-order valence-corrected chi connectivity index (χ1v) is 13.4. The van der Waals surface area contributed by atoms with Gasteiger partial charge in [-0.05, 0) is 25.5 Å². The fourth-order valence-electron chi connectivity index (χ4n) is 4.22. The molecule has 206 valence electrons. The maximum atomic E-state index is 13.5. The number of halogens is 3. The van der Waals surface area contributed by atoms with Crippen molar-refractivity contribution in [2.75, 3.05) is 40.0 Å². The van der Waals surface area contributed by atoms with Crippen LogP contribution in [0.25, 0.3) is 22.3 Å². The summed E-state index contributed by atoms with van der Waals surface area (Å²) < 4.78 is 43.6. The molecule has 1 aromatic carbocycles. The van der Waals surface area contributed by atoms with Crippen molar-refractivity contribution in [2.45, 2.75) is 43.1 Å². The van der Waals surface area contributed by atoms with Gasteiger partial charge in [-0.25, -0.2) is 18.7 Å². The number of carbonyl (C=O) groups is 1. The van der Waals surface area contributed by atoms with Crippen molar-refractivity contribution in [1.29, 1.82) is 0 Å². The molecular weight excluding hydrogens is 540 g/mol. The van der Waals surface area contributed by atoms with E-state index in [2.05, 4.69) is 9.97 Å². The molecule has 38 heavy (non-hydrogen) atoms. The fraction of sp³-hybridized carbons (Fsp3) is 0.480. The zero-order chi connectivity index (χ0) is 27.4. The molecule has 1 fully saturated rings. The van der Waals surface area contributed by atoms with Gasteiger partial charge in [0.15, 0.2) is 16.7 Å². The van der Waals surface area contributed by atoms with E-state index in [4.69, 9.17) is 36.5 Å². The maximum Gasteiger partial charge on any atom is 0.319 e. The lowest BCUT2D eigenvalue weighted by Crippen LogP contribution is -2.29. The van der Waals surface area contributed by atoms with Gasteiger partial charge < -0.3 is 24.9 Å². The third-order valence-corrected chi connectivity index (χ3v) is 7.39. The Morgan fingerprint density at radius 1 is 1.34 bits per heavy atom. The smallest absolute Gasteiger partial charge is 0.319 e. The lowest BCUT2D eigenvalue weighted by atomic mass is 10.1. The monoisotopic (exact) mass is 569 g/mol. The molecule has 13 heteroatoms. The minimum absolute atomic E-state index is 0.152. The number of carbonyl (C=O) groups excluding carboxylic acids is 1. The number of nitrogens with zero attached hydrogens (tertiary/aromatic N) is 3. The predicted molar refractivity (Wildman–Crippen MR) is 142 cm³/mol. The van der Waals surface area contributed by atoms with Crippen LogP contribution in [0.2, 0.25) is 5.02 Å². The Morgan fingerprint density at radius 3 is 2.79 bits per heavy atom. The fourth-order valence-corrected chi connectivity index (χ4v) is 5.23. The van der Waals surface area contributed by atoms with Crippen molar-refractivity contribution in [2.24, 2.45) is 5.73 Å².